The Hall–Kier alpha value is -1.22. The van der Waals surface area contributed by atoms with E-state index in [1.165, 1.54) is 19.3 Å². The summed E-state index contributed by atoms with van der Waals surface area (Å²) < 4.78 is 11.0. The monoisotopic (exact) mass is 235 g/mol. The van der Waals surface area contributed by atoms with Crippen LogP contribution >= 0.6 is 0 Å². The molecule has 1 unspecified atom stereocenters. The molecular formula is C14H21NO2. The molecule has 0 aromatic heterocycles. The standard InChI is InChI=1S/C14H21NO2/c1-16-13-6-3-7-14(8-13)17-10-12(9-15)11-4-2-5-11/h3,6-8,11-12H,2,4-5,9-10,15H2,1H3. The van der Waals surface area contributed by atoms with Crippen molar-refractivity contribution in [1.29, 1.82) is 0 Å². The molecule has 1 aliphatic carbocycles. The molecule has 2 rings (SSSR count). The van der Waals surface area contributed by atoms with Gasteiger partial charge < -0.3 is 15.2 Å². The molecule has 0 aliphatic heterocycles. The summed E-state index contributed by atoms with van der Waals surface area (Å²) in [5.41, 5.74) is 5.80. The van der Waals surface area contributed by atoms with Crippen molar-refractivity contribution in [3.05, 3.63) is 24.3 Å². The van der Waals surface area contributed by atoms with Crippen LogP contribution in [0.15, 0.2) is 24.3 Å². The van der Waals surface area contributed by atoms with Gasteiger partial charge in [0.1, 0.15) is 11.5 Å². The van der Waals surface area contributed by atoms with Crippen LogP contribution in [-0.2, 0) is 0 Å². The Balaban J connectivity index is 1.86. The molecule has 94 valence electrons. The fourth-order valence-electron chi connectivity index (χ4n) is 2.20. The molecule has 1 saturated carbocycles. The highest BCUT2D eigenvalue weighted by molar-refractivity contribution is 5.32. The molecule has 0 bridgehead atoms. The molecule has 0 saturated heterocycles. The van der Waals surface area contributed by atoms with Crippen molar-refractivity contribution >= 4 is 0 Å². The van der Waals surface area contributed by atoms with Crippen molar-refractivity contribution in [2.75, 3.05) is 20.3 Å². The summed E-state index contributed by atoms with van der Waals surface area (Å²) in [6, 6.07) is 7.72. The second-order valence-electron chi connectivity index (χ2n) is 4.68. The average molecular weight is 235 g/mol. The number of hydrogen-bond acceptors (Lipinski definition) is 3. The lowest BCUT2D eigenvalue weighted by Gasteiger charge is -2.32. The SMILES string of the molecule is COc1cccc(OCC(CN)C2CCC2)c1. The van der Waals surface area contributed by atoms with Gasteiger partial charge in [-0.2, -0.15) is 0 Å². The molecule has 2 N–H and O–H groups in total. The molecule has 1 aromatic rings. The molecule has 1 atom stereocenters. The van der Waals surface area contributed by atoms with Gasteiger partial charge in [-0.1, -0.05) is 12.5 Å². The van der Waals surface area contributed by atoms with Gasteiger partial charge in [-0.3, -0.25) is 0 Å². The molecule has 0 spiro atoms. The third-order valence-corrected chi connectivity index (χ3v) is 3.62. The first kappa shape index (κ1) is 12.2. The minimum Gasteiger partial charge on any atom is -0.497 e. The van der Waals surface area contributed by atoms with Gasteiger partial charge in [0.2, 0.25) is 0 Å². The summed E-state index contributed by atoms with van der Waals surface area (Å²) in [7, 11) is 1.66. The van der Waals surface area contributed by atoms with E-state index in [0.29, 0.717) is 19.1 Å². The summed E-state index contributed by atoms with van der Waals surface area (Å²) in [6.45, 7) is 1.43. The predicted octanol–water partition coefficient (Wildman–Crippen LogP) is 2.45. The molecule has 0 amide bonds. The lowest BCUT2D eigenvalue weighted by molar-refractivity contribution is 0.141. The first-order valence-corrected chi connectivity index (χ1v) is 6.30. The van der Waals surface area contributed by atoms with Crippen LogP contribution in [0.1, 0.15) is 19.3 Å². The van der Waals surface area contributed by atoms with E-state index in [2.05, 4.69) is 0 Å². The van der Waals surface area contributed by atoms with Crippen LogP contribution in [0, 0.1) is 11.8 Å². The first-order valence-electron chi connectivity index (χ1n) is 6.30. The largest absolute Gasteiger partial charge is 0.497 e. The lowest BCUT2D eigenvalue weighted by atomic mass is 9.76. The van der Waals surface area contributed by atoms with Gasteiger partial charge in [0.15, 0.2) is 0 Å². The van der Waals surface area contributed by atoms with Gasteiger partial charge in [-0.15, -0.1) is 0 Å². The number of methoxy groups -OCH3 is 1. The van der Waals surface area contributed by atoms with Crippen LogP contribution in [0.5, 0.6) is 11.5 Å². The Morgan fingerprint density at radius 3 is 2.71 bits per heavy atom. The molecule has 3 heteroatoms. The highest BCUT2D eigenvalue weighted by Gasteiger charge is 2.26. The van der Waals surface area contributed by atoms with E-state index in [1.54, 1.807) is 7.11 Å². The minimum absolute atomic E-state index is 0.495. The summed E-state index contributed by atoms with van der Waals surface area (Å²) in [5, 5.41) is 0. The highest BCUT2D eigenvalue weighted by atomic mass is 16.5. The highest BCUT2D eigenvalue weighted by Crippen LogP contribution is 2.33. The Morgan fingerprint density at radius 2 is 2.12 bits per heavy atom. The van der Waals surface area contributed by atoms with E-state index in [1.807, 2.05) is 24.3 Å². The van der Waals surface area contributed by atoms with Crippen molar-refractivity contribution in [3.8, 4) is 11.5 Å². The Kier molecular flexibility index (Phi) is 4.26. The van der Waals surface area contributed by atoms with Crippen LogP contribution in [0.3, 0.4) is 0 Å². The molecule has 0 radical (unpaired) electrons. The maximum absolute atomic E-state index is 5.80. The Morgan fingerprint density at radius 1 is 1.35 bits per heavy atom. The number of nitrogens with two attached hydrogens (primary N) is 1. The normalized spacial score (nSPS) is 17.3. The van der Waals surface area contributed by atoms with Gasteiger partial charge in [-0.05, 0) is 37.4 Å². The van der Waals surface area contributed by atoms with Crippen molar-refractivity contribution in [2.24, 2.45) is 17.6 Å². The van der Waals surface area contributed by atoms with Crippen LogP contribution in [-0.4, -0.2) is 20.3 Å². The summed E-state index contributed by atoms with van der Waals surface area (Å²) in [6.07, 6.45) is 3.97. The maximum atomic E-state index is 5.80. The van der Waals surface area contributed by atoms with Crippen LogP contribution in [0.2, 0.25) is 0 Å². The van der Waals surface area contributed by atoms with Crippen molar-refractivity contribution in [2.45, 2.75) is 19.3 Å². The van der Waals surface area contributed by atoms with E-state index < -0.39 is 0 Å². The average Bonchev–Trinajstić information content (AvgIpc) is 2.32. The smallest absolute Gasteiger partial charge is 0.122 e. The van der Waals surface area contributed by atoms with E-state index in [-0.39, 0.29) is 0 Å². The van der Waals surface area contributed by atoms with E-state index in [4.69, 9.17) is 15.2 Å². The van der Waals surface area contributed by atoms with Gasteiger partial charge in [-0.25, -0.2) is 0 Å². The molecule has 0 heterocycles. The van der Waals surface area contributed by atoms with Crippen molar-refractivity contribution in [3.63, 3.8) is 0 Å². The summed E-state index contributed by atoms with van der Waals surface area (Å²) in [5.74, 6) is 2.96. The van der Waals surface area contributed by atoms with E-state index in [0.717, 1.165) is 17.4 Å². The quantitative estimate of drug-likeness (QED) is 0.823. The van der Waals surface area contributed by atoms with Gasteiger partial charge in [0.05, 0.1) is 13.7 Å². The fraction of sp³-hybridized carbons (Fsp3) is 0.571. The molecule has 1 fully saturated rings. The Bertz CT molecular complexity index is 350. The zero-order chi connectivity index (χ0) is 12.1. The first-order chi connectivity index (χ1) is 8.33. The van der Waals surface area contributed by atoms with Crippen LogP contribution in [0.4, 0.5) is 0 Å². The van der Waals surface area contributed by atoms with Gasteiger partial charge >= 0.3 is 0 Å². The molecule has 3 nitrogen and oxygen atoms in total. The van der Waals surface area contributed by atoms with E-state index in [9.17, 15) is 0 Å². The van der Waals surface area contributed by atoms with E-state index >= 15 is 0 Å². The minimum atomic E-state index is 0.495. The summed E-state index contributed by atoms with van der Waals surface area (Å²) in [4.78, 5) is 0. The van der Waals surface area contributed by atoms with Crippen LogP contribution < -0.4 is 15.2 Å². The number of ether oxygens (including phenoxy) is 2. The molecule has 17 heavy (non-hydrogen) atoms. The zero-order valence-corrected chi connectivity index (χ0v) is 10.4. The topological polar surface area (TPSA) is 44.5 Å². The van der Waals surface area contributed by atoms with Crippen molar-refractivity contribution < 1.29 is 9.47 Å². The summed E-state index contributed by atoms with van der Waals surface area (Å²) >= 11 is 0. The van der Waals surface area contributed by atoms with Crippen LogP contribution in [0.25, 0.3) is 0 Å². The fourth-order valence-corrected chi connectivity index (χ4v) is 2.20. The predicted molar refractivity (Wildman–Crippen MR) is 68.4 cm³/mol. The second kappa shape index (κ2) is 5.92. The number of rotatable bonds is 6. The zero-order valence-electron chi connectivity index (χ0n) is 10.4. The second-order valence-corrected chi connectivity index (χ2v) is 4.68. The maximum Gasteiger partial charge on any atom is 0.122 e. The van der Waals surface area contributed by atoms with Crippen molar-refractivity contribution in [1.82, 2.24) is 0 Å². The lowest BCUT2D eigenvalue weighted by Crippen LogP contribution is -2.32. The molecule has 1 aliphatic rings. The molecule has 1 aromatic carbocycles. The third-order valence-electron chi connectivity index (χ3n) is 3.62. The van der Waals surface area contributed by atoms with Gasteiger partial charge in [0.25, 0.3) is 0 Å². The Labute approximate surface area is 103 Å². The van der Waals surface area contributed by atoms with Gasteiger partial charge in [0, 0.05) is 12.0 Å². The molecular weight excluding hydrogens is 214 g/mol. The number of hydrogen-bond donors (Lipinski definition) is 1. The number of benzene rings is 1. The third kappa shape index (κ3) is 3.13.